The van der Waals surface area contributed by atoms with E-state index in [1.54, 1.807) is 25.1 Å². The average molecular weight is 221 g/mol. The monoisotopic (exact) mass is 221 g/mol. The Balaban J connectivity index is 0.00000106. The van der Waals surface area contributed by atoms with Gasteiger partial charge in [-0.15, -0.1) is 0 Å². The summed E-state index contributed by atoms with van der Waals surface area (Å²) >= 11 is 0. The maximum absolute atomic E-state index is 10.9. The van der Waals surface area contributed by atoms with Crippen molar-refractivity contribution < 1.29 is 9.53 Å². The smallest absolute Gasteiger partial charge is 0.330 e. The lowest BCUT2D eigenvalue weighted by Gasteiger charge is -1.96. The molecule has 0 fully saturated rings. The molecule has 0 heterocycles. The van der Waals surface area contributed by atoms with Crippen molar-refractivity contribution in [3.05, 3.63) is 35.9 Å². The lowest BCUT2D eigenvalue weighted by molar-refractivity contribution is -0.137. The summed E-state index contributed by atoms with van der Waals surface area (Å²) in [6.45, 7) is 6.17. The largest absolute Gasteiger partial charge is 0.463 e. The highest BCUT2D eigenvalue weighted by Crippen LogP contribution is 2.06. The van der Waals surface area contributed by atoms with Crippen LogP contribution in [0.4, 0.5) is 5.69 Å². The van der Waals surface area contributed by atoms with Crippen molar-refractivity contribution in [3.63, 3.8) is 0 Å². The van der Waals surface area contributed by atoms with E-state index in [9.17, 15) is 4.79 Å². The second kappa shape index (κ2) is 8.53. The lowest BCUT2D eigenvalue weighted by atomic mass is 10.2. The van der Waals surface area contributed by atoms with Gasteiger partial charge >= 0.3 is 5.97 Å². The Labute approximate surface area is 96.9 Å². The van der Waals surface area contributed by atoms with E-state index in [-0.39, 0.29) is 5.97 Å². The van der Waals surface area contributed by atoms with E-state index < -0.39 is 0 Å². The van der Waals surface area contributed by atoms with Crippen molar-refractivity contribution in [2.75, 3.05) is 12.3 Å². The number of carbonyl (C=O) groups excluding carboxylic acids is 1. The van der Waals surface area contributed by atoms with E-state index in [1.807, 2.05) is 26.0 Å². The third kappa shape index (κ3) is 5.86. The third-order valence-electron chi connectivity index (χ3n) is 1.63. The van der Waals surface area contributed by atoms with E-state index in [0.717, 1.165) is 5.56 Å². The summed E-state index contributed by atoms with van der Waals surface area (Å²) < 4.78 is 4.74. The van der Waals surface area contributed by atoms with Crippen LogP contribution in [0.15, 0.2) is 30.3 Å². The van der Waals surface area contributed by atoms with Crippen molar-refractivity contribution >= 4 is 17.7 Å². The number of nitrogen functional groups attached to an aromatic ring is 1. The molecule has 0 bridgehead atoms. The van der Waals surface area contributed by atoms with Crippen LogP contribution in [0.1, 0.15) is 26.3 Å². The Bertz CT molecular complexity index is 328. The number of anilines is 1. The van der Waals surface area contributed by atoms with Gasteiger partial charge in [0.25, 0.3) is 0 Å². The average Bonchev–Trinajstić information content (AvgIpc) is 2.31. The summed E-state index contributed by atoms with van der Waals surface area (Å²) in [5, 5.41) is 0. The van der Waals surface area contributed by atoms with Crippen molar-refractivity contribution in [2.45, 2.75) is 20.8 Å². The predicted molar refractivity (Wildman–Crippen MR) is 67.9 cm³/mol. The van der Waals surface area contributed by atoms with Gasteiger partial charge in [-0.3, -0.25) is 0 Å². The summed E-state index contributed by atoms with van der Waals surface area (Å²) in [4.78, 5) is 10.9. The summed E-state index contributed by atoms with van der Waals surface area (Å²) in [6.07, 6.45) is 3.09. The molecule has 0 aromatic heterocycles. The number of ether oxygens (including phenoxy) is 1. The minimum atomic E-state index is -0.329. The van der Waals surface area contributed by atoms with E-state index in [1.165, 1.54) is 6.08 Å². The van der Waals surface area contributed by atoms with Gasteiger partial charge in [0.1, 0.15) is 0 Å². The molecule has 0 spiro atoms. The first-order chi connectivity index (χ1) is 7.72. The molecule has 0 radical (unpaired) electrons. The molecule has 3 heteroatoms. The zero-order chi connectivity index (χ0) is 12.4. The van der Waals surface area contributed by atoms with Gasteiger partial charge in [0, 0.05) is 11.8 Å². The molecule has 1 aromatic carbocycles. The van der Waals surface area contributed by atoms with Crippen LogP contribution in [0.2, 0.25) is 0 Å². The molecule has 0 saturated heterocycles. The fourth-order valence-corrected chi connectivity index (χ4v) is 0.962. The van der Waals surface area contributed by atoms with E-state index >= 15 is 0 Å². The zero-order valence-corrected chi connectivity index (χ0v) is 10.1. The highest BCUT2D eigenvalue weighted by atomic mass is 16.5. The minimum absolute atomic E-state index is 0.329. The van der Waals surface area contributed by atoms with Crippen LogP contribution in [0, 0.1) is 0 Å². The topological polar surface area (TPSA) is 52.3 Å². The van der Waals surface area contributed by atoms with Crippen molar-refractivity contribution in [2.24, 2.45) is 0 Å². The maximum Gasteiger partial charge on any atom is 0.330 e. The highest BCUT2D eigenvalue weighted by molar-refractivity contribution is 5.87. The second-order valence-electron chi connectivity index (χ2n) is 2.75. The van der Waals surface area contributed by atoms with Gasteiger partial charge < -0.3 is 10.5 Å². The molecule has 1 rings (SSSR count). The summed E-state index contributed by atoms with van der Waals surface area (Å²) in [5.74, 6) is -0.329. The summed E-state index contributed by atoms with van der Waals surface area (Å²) in [5.41, 5.74) is 7.14. The number of benzene rings is 1. The third-order valence-corrected chi connectivity index (χ3v) is 1.63. The van der Waals surface area contributed by atoms with Gasteiger partial charge in [0.2, 0.25) is 0 Å². The van der Waals surface area contributed by atoms with Crippen LogP contribution >= 0.6 is 0 Å². The molecule has 0 saturated carbocycles. The fraction of sp³-hybridized carbons (Fsp3) is 0.308. The van der Waals surface area contributed by atoms with Crippen molar-refractivity contribution in [3.8, 4) is 0 Å². The Kier molecular flexibility index (Phi) is 7.59. The first-order valence-corrected chi connectivity index (χ1v) is 5.42. The zero-order valence-electron chi connectivity index (χ0n) is 10.1. The molecule has 0 aliphatic carbocycles. The summed E-state index contributed by atoms with van der Waals surface area (Å²) in [7, 11) is 0. The van der Waals surface area contributed by atoms with Gasteiger partial charge in [-0.2, -0.15) is 0 Å². The Morgan fingerprint density at radius 2 is 1.88 bits per heavy atom. The van der Waals surface area contributed by atoms with Gasteiger partial charge in [0.15, 0.2) is 0 Å². The number of hydrogen-bond donors (Lipinski definition) is 1. The van der Waals surface area contributed by atoms with Gasteiger partial charge in [-0.05, 0) is 30.7 Å². The Hall–Kier alpha value is -1.77. The highest BCUT2D eigenvalue weighted by Gasteiger charge is 1.93. The van der Waals surface area contributed by atoms with Crippen LogP contribution in [0.3, 0.4) is 0 Å². The van der Waals surface area contributed by atoms with Crippen LogP contribution in [-0.2, 0) is 9.53 Å². The van der Waals surface area contributed by atoms with E-state index in [0.29, 0.717) is 12.3 Å². The SMILES string of the molecule is CC.CCOC(=O)/C=C/c1ccc(N)cc1. The molecule has 16 heavy (non-hydrogen) atoms. The molecule has 0 amide bonds. The first-order valence-electron chi connectivity index (χ1n) is 5.42. The van der Waals surface area contributed by atoms with Crippen molar-refractivity contribution in [1.29, 1.82) is 0 Å². The fourth-order valence-electron chi connectivity index (χ4n) is 0.962. The molecule has 0 unspecified atom stereocenters. The molecule has 0 atom stereocenters. The Morgan fingerprint density at radius 3 is 2.38 bits per heavy atom. The molecular formula is C13H19NO2. The number of hydrogen-bond acceptors (Lipinski definition) is 3. The lowest BCUT2D eigenvalue weighted by Crippen LogP contribution is -1.98. The predicted octanol–water partition coefficient (Wildman–Crippen LogP) is 2.87. The number of carbonyl (C=O) groups is 1. The summed E-state index contributed by atoms with van der Waals surface area (Å²) in [6, 6.07) is 7.24. The van der Waals surface area contributed by atoms with Crippen LogP contribution in [0.5, 0.6) is 0 Å². The van der Waals surface area contributed by atoms with Gasteiger partial charge in [-0.25, -0.2) is 4.79 Å². The molecule has 0 aliphatic rings. The van der Waals surface area contributed by atoms with Crippen molar-refractivity contribution in [1.82, 2.24) is 0 Å². The van der Waals surface area contributed by atoms with Gasteiger partial charge in [-0.1, -0.05) is 26.0 Å². The second-order valence-corrected chi connectivity index (χ2v) is 2.75. The normalized spacial score (nSPS) is 9.44. The molecule has 1 aromatic rings. The Morgan fingerprint density at radius 1 is 1.31 bits per heavy atom. The number of rotatable bonds is 3. The quantitative estimate of drug-likeness (QED) is 0.485. The number of esters is 1. The van der Waals surface area contributed by atoms with Crippen LogP contribution < -0.4 is 5.73 Å². The van der Waals surface area contributed by atoms with Gasteiger partial charge in [0.05, 0.1) is 6.61 Å². The van der Waals surface area contributed by atoms with Crippen LogP contribution in [-0.4, -0.2) is 12.6 Å². The first kappa shape index (κ1) is 14.2. The molecule has 0 aliphatic heterocycles. The molecular weight excluding hydrogens is 202 g/mol. The van der Waals surface area contributed by atoms with E-state index in [2.05, 4.69) is 0 Å². The maximum atomic E-state index is 10.9. The van der Waals surface area contributed by atoms with Crippen LogP contribution in [0.25, 0.3) is 6.08 Å². The van der Waals surface area contributed by atoms with E-state index in [4.69, 9.17) is 10.5 Å². The number of nitrogens with two attached hydrogens (primary N) is 1. The standard InChI is InChI=1S/C11H13NO2.C2H6/c1-2-14-11(13)8-5-9-3-6-10(12)7-4-9;1-2/h3-8H,2,12H2,1H3;1-2H3/b8-5+;. The minimum Gasteiger partial charge on any atom is -0.463 e. The molecule has 88 valence electrons. The molecule has 3 nitrogen and oxygen atoms in total. The molecule has 2 N–H and O–H groups in total.